The summed E-state index contributed by atoms with van der Waals surface area (Å²) in [6.07, 6.45) is -0.621. The molecule has 3 atom stereocenters. The molecule has 0 radical (unpaired) electrons. The van der Waals surface area contributed by atoms with Crippen LogP contribution in [0.1, 0.15) is 35.6 Å². The third-order valence-electron chi connectivity index (χ3n) is 3.67. The number of carboxylic acids is 1. The molecule has 2 rings (SSSR count). The minimum Gasteiger partial charge on any atom is -0.479 e. The molecule has 1 fully saturated rings. The molecule has 1 aromatic heterocycles. The third-order valence-corrected chi connectivity index (χ3v) is 4.84. The maximum absolute atomic E-state index is 12.3. The lowest BCUT2D eigenvalue weighted by atomic mass is 10.1. The van der Waals surface area contributed by atoms with Crippen LogP contribution in [0.15, 0.2) is 12.1 Å². The van der Waals surface area contributed by atoms with Crippen molar-refractivity contribution in [2.75, 3.05) is 7.05 Å². The van der Waals surface area contributed by atoms with E-state index in [4.69, 9.17) is 9.84 Å². The molecule has 1 aliphatic rings. The highest BCUT2D eigenvalue weighted by atomic mass is 32.1. The number of carbonyl (C=O) groups excluding carboxylic acids is 1. The molecule has 1 N–H and O–H groups in total. The van der Waals surface area contributed by atoms with Gasteiger partial charge in [0.2, 0.25) is 0 Å². The van der Waals surface area contributed by atoms with Crippen LogP contribution in [-0.4, -0.2) is 41.1 Å². The fourth-order valence-corrected chi connectivity index (χ4v) is 3.26. The van der Waals surface area contributed by atoms with Gasteiger partial charge in [-0.15, -0.1) is 11.3 Å². The van der Waals surface area contributed by atoms with Crippen molar-refractivity contribution in [2.24, 2.45) is 0 Å². The van der Waals surface area contributed by atoms with Gasteiger partial charge in [-0.05, 0) is 38.8 Å². The Morgan fingerprint density at radius 1 is 1.40 bits per heavy atom. The Labute approximate surface area is 122 Å². The van der Waals surface area contributed by atoms with E-state index in [1.165, 1.54) is 4.88 Å². The van der Waals surface area contributed by atoms with Crippen LogP contribution < -0.4 is 0 Å². The molecule has 1 amide bonds. The van der Waals surface area contributed by atoms with Gasteiger partial charge in [-0.25, -0.2) is 4.79 Å². The lowest BCUT2D eigenvalue weighted by Crippen LogP contribution is -2.38. The topological polar surface area (TPSA) is 66.8 Å². The van der Waals surface area contributed by atoms with Crippen molar-refractivity contribution in [3.63, 3.8) is 0 Å². The first kappa shape index (κ1) is 15.0. The maximum Gasteiger partial charge on any atom is 0.332 e. The summed E-state index contributed by atoms with van der Waals surface area (Å²) in [6.45, 7) is 3.99. The zero-order chi connectivity index (χ0) is 14.9. The quantitative estimate of drug-likeness (QED) is 0.925. The van der Waals surface area contributed by atoms with Crippen molar-refractivity contribution >= 4 is 23.2 Å². The molecule has 2 heterocycles. The standard InChI is InChI=1S/C14H19NO4S/c1-8-4-7-12(20-8)9(2)15(3)13(16)10-5-6-11(19-10)14(17)18/h4,7,9-11H,5-6H2,1-3H3,(H,17,18). The Morgan fingerprint density at radius 3 is 2.55 bits per heavy atom. The fraction of sp³-hybridized carbons (Fsp3) is 0.571. The first-order valence-corrected chi connectivity index (χ1v) is 7.43. The number of aliphatic carboxylic acids is 1. The predicted molar refractivity (Wildman–Crippen MR) is 75.8 cm³/mol. The highest BCUT2D eigenvalue weighted by Gasteiger charge is 2.37. The van der Waals surface area contributed by atoms with Gasteiger partial charge >= 0.3 is 5.97 Å². The number of hydrogen-bond acceptors (Lipinski definition) is 4. The number of aryl methyl sites for hydroxylation is 1. The van der Waals surface area contributed by atoms with Gasteiger partial charge in [0.25, 0.3) is 5.91 Å². The van der Waals surface area contributed by atoms with E-state index in [9.17, 15) is 9.59 Å². The van der Waals surface area contributed by atoms with E-state index in [1.54, 1.807) is 23.3 Å². The van der Waals surface area contributed by atoms with Crippen LogP contribution in [0.3, 0.4) is 0 Å². The van der Waals surface area contributed by atoms with Gasteiger partial charge in [0.1, 0.15) is 6.10 Å². The van der Waals surface area contributed by atoms with E-state index in [0.29, 0.717) is 12.8 Å². The summed E-state index contributed by atoms with van der Waals surface area (Å²) in [5.41, 5.74) is 0. The summed E-state index contributed by atoms with van der Waals surface area (Å²) in [4.78, 5) is 27.2. The zero-order valence-electron chi connectivity index (χ0n) is 11.8. The van der Waals surface area contributed by atoms with E-state index in [0.717, 1.165) is 4.88 Å². The van der Waals surface area contributed by atoms with Gasteiger partial charge in [0, 0.05) is 16.8 Å². The predicted octanol–water partition coefficient (Wildman–Crippen LogP) is 2.21. The highest BCUT2D eigenvalue weighted by Crippen LogP contribution is 2.29. The molecule has 6 heteroatoms. The molecule has 3 unspecified atom stereocenters. The third kappa shape index (κ3) is 3.02. The molecular formula is C14H19NO4S. The number of rotatable bonds is 4. The molecule has 1 saturated heterocycles. The average Bonchev–Trinajstić information content (AvgIpc) is 3.04. The van der Waals surface area contributed by atoms with Gasteiger partial charge in [-0.3, -0.25) is 4.79 Å². The summed E-state index contributed by atoms with van der Waals surface area (Å²) in [7, 11) is 1.74. The maximum atomic E-state index is 12.3. The molecule has 1 aromatic rings. The van der Waals surface area contributed by atoms with Gasteiger partial charge in [-0.1, -0.05) is 0 Å². The Morgan fingerprint density at radius 2 is 2.05 bits per heavy atom. The molecule has 0 aliphatic carbocycles. The minimum atomic E-state index is -0.995. The number of thiophene rings is 1. The highest BCUT2D eigenvalue weighted by molar-refractivity contribution is 7.12. The molecule has 20 heavy (non-hydrogen) atoms. The average molecular weight is 297 g/mol. The van der Waals surface area contributed by atoms with Crippen LogP contribution in [0.2, 0.25) is 0 Å². The van der Waals surface area contributed by atoms with Crippen LogP contribution in [0, 0.1) is 6.92 Å². The summed E-state index contributed by atoms with van der Waals surface area (Å²) >= 11 is 1.66. The van der Waals surface area contributed by atoms with Crippen molar-refractivity contribution in [1.82, 2.24) is 4.90 Å². The molecule has 5 nitrogen and oxygen atoms in total. The lowest BCUT2D eigenvalue weighted by molar-refractivity contribution is -0.155. The van der Waals surface area contributed by atoms with Crippen molar-refractivity contribution in [3.05, 3.63) is 21.9 Å². The van der Waals surface area contributed by atoms with E-state index < -0.39 is 18.2 Å². The van der Waals surface area contributed by atoms with Gasteiger partial charge < -0.3 is 14.7 Å². The van der Waals surface area contributed by atoms with Crippen molar-refractivity contribution in [1.29, 1.82) is 0 Å². The van der Waals surface area contributed by atoms with Crippen molar-refractivity contribution < 1.29 is 19.4 Å². The van der Waals surface area contributed by atoms with Gasteiger partial charge in [-0.2, -0.15) is 0 Å². The van der Waals surface area contributed by atoms with E-state index >= 15 is 0 Å². The Kier molecular flexibility index (Phi) is 4.45. The van der Waals surface area contributed by atoms with E-state index in [1.807, 2.05) is 26.0 Å². The number of nitrogens with zero attached hydrogens (tertiary/aromatic N) is 1. The van der Waals surface area contributed by atoms with Crippen LogP contribution in [0.5, 0.6) is 0 Å². The monoisotopic (exact) mass is 297 g/mol. The summed E-state index contributed by atoms with van der Waals surface area (Å²) < 4.78 is 5.31. The Bertz CT molecular complexity index is 513. The number of hydrogen-bond donors (Lipinski definition) is 1. The largest absolute Gasteiger partial charge is 0.479 e. The smallest absolute Gasteiger partial charge is 0.332 e. The molecule has 0 bridgehead atoms. The number of likely N-dealkylation sites (N-methyl/N-ethyl adjacent to an activating group) is 1. The van der Waals surface area contributed by atoms with Gasteiger partial charge in [0.15, 0.2) is 6.10 Å². The van der Waals surface area contributed by atoms with Crippen LogP contribution in [0.25, 0.3) is 0 Å². The molecule has 110 valence electrons. The minimum absolute atomic E-state index is 0.0336. The first-order chi connectivity index (χ1) is 9.40. The summed E-state index contributed by atoms with van der Waals surface area (Å²) in [5.74, 6) is -1.14. The molecular weight excluding hydrogens is 278 g/mol. The number of amides is 1. The molecule has 1 aliphatic heterocycles. The Hall–Kier alpha value is -1.40. The van der Waals surface area contributed by atoms with Crippen molar-refractivity contribution in [2.45, 2.75) is 44.9 Å². The SMILES string of the molecule is Cc1ccc(C(C)N(C)C(=O)C2CCC(C(=O)O)O2)s1. The number of carboxylic acid groups (broad SMARTS) is 1. The van der Waals surface area contributed by atoms with Gasteiger partial charge in [0.05, 0.1) is 6.04 Å². The molecule has 0 saturated carbocycles. The molecule has 0 aromatic carbocycles. The van der Waals surface area contributed by atoms with E-state index in [2.05, 4.69) is 0 Å². The van der Waals surface area contributed by atoms with E-state index in [-0.39, 0.29) is 11.9 Å². The molecule has 0 spiro atoms. The zero-order valence-corrected chi connectivity index (χ0v) is 12.6. The summed E-state index contributed by atoms with van der Waals surface area (Å²) in [6, 6.07) is 4.01. The normalized spacial score (nSPS) is 23.6. The van der Waals surface area contributed by atoms with Crippen LogP contribution in [0.4, 0.5) is 0 Å². The van der Waals surface area contributed by atoms with Crippen molar-refractivity contribution in [3.8, 4) is 0 Å². The fourth-order valence-electron chi connectivity index (χ4n) is 2.29. The first-order valence-electron chi connectivity index (χ1n) is 6.61. The second-order valence-electron chi connectivity index (χ2n) is 5.10. The second-order valence-corrected chi connectivity index (χ2v) is 6.42. The number of carbonyl (C=O) groups is 2. The second kappa shape index (κ2) is 5.93. The Balaban J connectivity index is 2.00. The lowest BCUT2D eigenvalue weighted by Gasteiger charge is -2.26. The van der Waals surface area contributed by atoms with Crippen LogP contribution >= 0.6 is 11.3 Å². The number of ether oxygens (including phenoxy) is 1. The summed E-state index contributed by atoms with van der Waals surface area (Å²) in [5, 5.41) is 8.89. The van der Waals surface area contributed by atoms with Crippen LogP contribution in [-0.2, 0) is 14.3 Å².